The zero-order valence-corrected chi connectivity index (χ0v) is 10.6. The first-order valence-electron chi connectivity index (χ1n) is 5.42. The van der Waals surface area contributed by atoms with Crippen LogP contribution in [0.4, 0.5) is 5.82 Å². The van der Waals surface area contributed by atoms with Crippen molar-refractivity contribution in [3.63, 3.8) is 0 Å². The number of hydrogen-bond acceptors (Lipinski definition) is 6. The third-order valence-corrected chi connectivity index (χ3v) is 2.78. The molecule has 2 aromatic rings. The van der Waals surface area contributed by atoms with Gasteiger partial charge in [-0.3, -0.25) is 0 Å². The van der Waals surface area contributed by atoms with E-state index in [1.165, 1.54) is 11.7 Å². The lowest BCUT2D eigenvalue weighted by atomic mass is 10.2. The van der Waals surface area contributed by atoms with Gasteiger partial charge in [0, 0.05) is 24.4 Å². The van der Waals surface area contributed by atoms with E-state index in [4.69, 9.17) is 4.74 Å². The van der Waals surface area contributed by atoms with Crippen molar-refractivity contribution in [2.24, 2.45) is 0 Å². The minimum absolute atomic E-state index is 0.581. The number of nitrogens with zero attached hydrogens (tertiary/aromatic N) is 3. The van der Waals surface area contributed by atoms with E-state index in [1.54, 1.807) is 13.3 Å². The zero-order chi connectivity index (χ0) is 12.1. The molecule has 0 saturated heterocycles. The van der Waals surface area contributed by atoms with Crippen LogP contribution in [0.1, 0.15) is 13.3 Å². The molecule has 2 aromatic heterocycles. The molecular weight excluding hydrogens is 236 g/mol. The van der Waals surface area contributed by atoms with Crippen molar-refractivity contribution < 1.29 is 4.74 Å². The number of nitrogens with one attached hydrogen (secondary N) is 1. The van der Waals surface area contributed by atoms with Gasteiger partial charge in [0.1, 0.15) is 5.69 Å². The summed E-state index contributed by atoms with van der Waals surface area (Å²) in [5.74, 6) is 1.40. The minimum Gasteiger partial charge on any atom is -0.481 e. The third-order valence-electron chi connectivity index (χ3n) is 2.25. The molecule has 0 atom stereocenters. The molecule has 0 aliphatic heterocycles. The molecule has 0 aliphatic carbocycles. The highest BCUT2D eigenvalue weighted by Gasteiger charge is 2.10. The van der Waals surface area contributed by atoms with E-state index in [2.05, 4.69) is 26.0 Å². The smallest absolute Gasteiger partial charge is 0.213 e. The van der Waals surface area contributed by atoms with Gasteiger partial charge in [0.25, 0.3) is 0 Å². The van der Waals surface area contributed by atoms with Gasteiger partial charge in [-0.1, -0.05) is 6.92 Å². The molecule has 0 bridgehead atoms. The Morgan fingerprint density at radius 3 is 3.06 bits per heavy atom. The average molecular weight is 250 g/mol. The molecule has 0 unspecified atom stereocenters. The molecule has 2 heterocycles. The van der Waals surface area contributed by atoms with Crippen molar-refractivity contribution in [2.45, 2.75) is 13.3 Å². The molecule has 17 heavy (non-hydrogen) atoms. The van der Waals surface area contributed by atoms with E-state index in [9.17, 15) is 0 Å². The second kappa shape index (κ2) is 5.58. The van der Waals surface area contributed by atoms with Crippen LogP contribution in [-0.2, 0) is 0 Å². The number of rotatable bonds is 5. The monoisotopic (exact) mass is 250 g/mol. The molecule has 0 spiro atoms. The van der Waals surface area contributed by atoms with Crippen LogP contribution in [0.2, 0.25) is 0 Å². The predicted octanol–water partition coefficient (Wildman–Crippen LogP) is 2.43. The summed E-state index contributed by atoms with van der Waals surface area (Å²) in [5.41, 5.74) is 1.81. The fraction of sp³-hybridized carbons (Fsp3) is 0.364. The maximum Gasteiger partial charge on any atom is 0.213 e. The second-order valence-corrected chi connectivity index (χ2v) is 4.00. The quantitative estimate of drug-likeness (QED) is 0.883. The number of aromatic nitrogens is 3. The first-order valence-corrected chi connectivity index (χ1v) is 6.15. The highest BCUT2D eigenvalue weighted by atomic mass is 32.1. The van der Waals surface area contributed by atoms with Crippen LogP contribution in [0.3, 0.4) is 0 Å². The maximum atomic E-state index is 5.10. The summed E-state index contributed by atoms with van der Waals surface area (Å²) in [6.07, 6.45) is 2.76. The highest BCUT2D eigenvalue weighted by Crippen LogP contribution is 2.27. The van der Waals surface area contributed by atoms with Crippen molar-refractivity contribution >= 4 is 17.5 Å². The molecule has 0 fully saturated rings. The van der Waals surface area contributed by atoms with Gasteiger partial charge in [0.05, 0.1) is 18.8 Å². The molecule has 0 aromatic carbocycles. The van der Waals surface area contributed by atoms with Crippen LogP contribution < -0.4 is 10.1 Å². The predicted molar refractivity (Wildman–Crippen MR) is 68.5 cm³/mol. The largest absolute Gasteiger partial charge is 0.481 e. The average Bonchev–Trinajstić information content (AvgIpc) is 2.84. The number of anilines is 1. The van der Waals surface area contributed by atoms with Crippen molar-refractivity contribution in [3.05, 3.63) is 18.3 Å². The van der Waals surface area contributed by atoms with Crippen LogP contribution in [0.15, 0.2) is 18.3 Å². The van der Waals surface area contributed by atoms with Crippen molar-refractivity contribution in [1.29, 1.82) is 0 Å². The Morgan fingerprint density at radius 1 is 1.41 bits per heavy atom. The molecule has 90 valence electrons. The Kier molecular flexibility index (Phi) is 3.87. The van der Waals surface area contributed by atoms with E-state index < -0.39 is 0 Å². The van der Waals surface area contributed by atoms with Crippen molar-refractivity contribution in [3.8, 4) is 17.1 Å². The summed E-state index contributed by atoms with van der Waals surface area (Å²) in [6, 6.07) is 3.75. The Balaban J connectivity index is 2.28. The van der Waals surface area contributed by atoms with E-state index >= 15 is 0 Å². The fourth-order valence-corrected chi connectivity index (χ4v) is 1.95. The molecular formula is C11H14N4OS. The van der Waals surface area contributed by atoms with Crippen LogP contribution in [0.5, 0.6) is 5.88 Å². The van der Waals surface area contributed by atoms with Crippen LogP contribution in [0.25, 0.3) is 11.3 Å². The zero-order valence-electron chi connectivity index (χ0n) is 9.80. The lowest BCUT2D eigenvalue weighted by Gasteiger charge is -2.04. The van der Waals surface area contributed by atoms with Gasteiger partial charge in [-0.25, -0.2) is 4.98 Å². The molecule has 5 nitrogen and oxygen atoms in total. The van der Waals surface area contributed by atoms with Gasteiger partial charge in [0.15, 0.2) is 5.82 Å². The summed E-state index contributed by atoms with van der Waals surface area (Å²) in [7, 11) is 1.60. The molecule has 0 radical (unpaired) electrons. The number of hydrogen-bond donors (Lipinski definition) is 1. The Labute approximate surface area is 104 Å². The fourth-order valence-electron chi connectivity index (χ4n) is 1.41. The normalized spacial score (nSPS) is 10.2. The summed E-state index contributed by atoms with van der Waals surface area (Å²) < 4.78 is 13.6. The first-order chi connectivity index (χ1) is 8.35. The Bertz CT molecular complexity index is 486. The summed E-state index contributed by atoms with van der Waals surface area (Å²) in [6.45, 7) is 3.00. The maximum absolute atomic E-state index is 5.10. The second-order valence-electron chi connectivity index (χ2n) is 3.48. The van der Waals surface area contributed by atoms with Gasteiger partial charge in [-0.15, -0.1) is 0 Å². The van der Waals surface area contributed by atoms with E-state index in [0.29, 0.717) is 5.88 Å². The first kappa shape index (κ1) is 11.8. The van der Waals surface area contributed by atoms with Gasteiger partial charge >= 0.3 is 0 Å². The van der Waals surface area contributed by atoms with E-state index in [0.717, 1.165) is 30.0 Å². The standard InChI is InChI=1S/C11H14N4OS/c1-3-5-13-11-10(14-17-15-11)8-4-6-12-9(7-8)16-2/h4,6-7H,3,5H2,1-2H3,(H,13,15). The third kappa shape index (κ3) is 2.71. The van der Waals surface area contributed by atoms with Gasteiger partial charge < -0.3 is 10.1 Å². The number of ether oxygens (including phenoxy) is 1. The number of pyridine rings is 1. The molecule has 0 aliphatic rings. The molecule has 0 amide bonds. The van der Waals surface area contributed by atoms with Crippen LogP contribution in [-0.4, -0.2) is 27.4 Å². The molecule has 6 heteroatoms. The summed E-state index contributed by atoms with van der Waals surface area (Å²) in [4.78, 5) is 4.07. The van der Waals surface area contributed by atoms with Crippen molar-refractivity contribution in [1.82, 2.24) is 13.7 Å². The van der Waals surface area contributed by atoms with E-state index in [-0.39, 0.29) is 0 Å². The molecule has 2 rings (SSSR count). The van der Waals surface area contributed by atoms with Crippen molar-refractivity contribution in [2.75, 3.05) is 19.0 Å². The highest BCUT2D eigenvalue weighted by molar-refractivity contribution is 6.99. The van der Waals surface area contributed by atoms with Gasteiger partial charge in [-0.05, 0) is 12.5 Å². The Hall–Kier alpha value is -1.69. The lowest BCUT2D eigenvalue weighted by Crippen LogP contribution is -2.01. The van der Waals surface area contributed by atoms with E-state index in [1.807, 2.05) is 12.1 Å². The van der Waals surface area contributed by atoms with Crippen LogP contribution in [0, 0.1) is 0 Å². The molecule has 1 N–H and O–H groups in total. The summed E-state index contributed by atoms with van der Waals surface area (Å²) in [5, 5.41) is 3.25. The van der Waals surface area contributed by atoms with Gasteiger partial charge in [0.2, 0.25) is 5.88 Å². The van der Waals surface area contributed by atoms with Gasteiger partial charge in [-0.2, -0.15) is 8.75 Å². The SMILES string of the molecule is CCCNc1nsnc1-c1ccnc(OC)c1. The van der Waals surface area contributed by atoms with Crippen LogP contribution >= 0.6 is 11.7 Å². The summed E-state index contributed by atoms with van der Waals surface area (Å²) >= 11 is 1.20. The molecule has 0 saturated carbocycles. The lowest BCUT2D eigenvalue weighted by molar-refractivity contribution is 0.398. The number of methoxy groups -OCH3 is 1. The Morgan fingerprint density at radius 2 is 2.29 bits per heavy atom. The minimum atomic E-state index is 0.581. The topological polar surface area (TPSA) is 59.9 Å².